The Balaban J connectivity index is 1.56. The first-order valence-corrected chi connectivity index (χ1v) is 7.35. The van der Waals surface area contributed by atoms with Crippen molar-refractivity contribution in [3.63, 3.8) is 0 Å². The molecule has 0 saturated heterocycles. The van der Waals surface area contributed by atoms with Gasteiger partial charge in [0, 0.05) is 5.69 Å². The van der Waals surface area contributed by atoms with Gasteiger partial charge in [-0.1, -0.05) is 50.3 Å². The van der Waals surface area contributed by atoms with Crippen LogP contribution in [0.2, 0.25) is 0 Å². The molecular formula is C16H23NO. The van der Waals surface area contributed by atoms with Gasteiger partial charge in [0.25, 0.3) is 0 Å². The Morgan fingerprint density at radius 3 is 2.72 bits per heavy atom. The lowest BCUT2D eigenvalue weighted by Gasteiger charge is -2.27. The fourth-order valence-electron chi connectivity index (χ4n) is 3.49. The zero-order chi connectivity index (χ0) is 12.4. The van der Waals surface area contributed by atoms with Gasteiger partial charge in [-0.25, -0.2) is 0 Å². The van der Waals surface area contributed by atoms with Gasteiger partial charge in [-0.2, -0.15) is 0 Å². The van der Waals surface area contributed by atoms with Crippen LogP contribution in [0, 0.1) is 5.92 Å². The van der Waals surface area contributed by atoms with Gasteiger partial charge in [0.2, 0.25) is 0 Å². The summed E-state index contributed by atoms with van der Waals surface area (Å²) in [6.45, 7) is 0. The monoisotopic (exact) mass is 245 g/mol. The minimum absolute atomic E-state index is 0.194. The van der Waals surface area contributed by atoms with E-state index in [1.165, 1.54) is 43.4 Å². The van der Waals surface area contributed by atoms with Crippen molar-refractivity contribution in [3.8, 4) is 0 Å². The molecule has 1 fully saturated rings. The highest BCUT2D eigenvalue weighted by atomic mass is 16.3. The summed E-state index contributed by atoms with van der Waals surface area (Å²) in [5, 5.41) is 13.9. The first kappa shape index (κ1) is 12.0. The molecule has 1 saturated carbocycles. The van der Waals surface area contributed by atoms with E-state index in [0.29, 0.717) is 0 Å². The maximum atomic E-state index is 10.4. The third kappa shape index (κ3) is 2.54. The van der Waals surface area contributed by atoms with Crippen LogP contribution in [0.15, 0.2) is 24.3 Å². The van der Waals surface area contributed by atoms with Crippen molar-refractivity contribution in [1.82, 2.24) is 0 Å². The molecule has 1 heterocycles. The third-order valence-corrected chi connectivity index (χ3v) is 4.56. The topological polar surface area (TPSA) is 32.3 Å². The summed E-state index contributed by atoms with van der Waals surface area (Å²) in [5.41, 5.74) is 2.57. The first-order chi connectivity index (χ1) is 8.83. The van der Waals surface area contributed by atoms with Crippen molar-refractivity contribution in [2.75, 3.05) is 5.32 Å². The Labute approximate surface area is 109 Å². The molecule has 1 aliphatic heterocycles. The number of aliphatic hydroxyl groups excluding tert-OH is 1. The van der Waals surface area contributed by atoms with E-state index < -0.39 is 0 Å². The molecular weight excluding hydrogens is 222 g/mol. The molecule has 0 bridgehead atoms. The SMILES string of the molecule is OC(CC1CCCCC1)C1Cc2ccccc2N1. The second-order valence-electron chi connectivity index (χ2n) is 5.92. The minimum Gasteiger partial charge on any atom is -0.391 e. The second-order valence-corrected chi connectivity index (χ2v) is 5.92. The van der Waals surface area contributed by atoms with Crippen molar-refractivity contribution in [3.05, 3.63) is 29.8 Å². The smallest absolute Gasteiger partial charge is 0.0747 e. The molecule has 0 spiro atoms. The van der Waals surface area contributed by atoms with Crippen molar-refractivity contribution >= 4 is 5.69 Å². The Morgan fingerprint density at radius 1 is 1.17 bits per heavy atom. The molecule has 1 aliphatic carbocycles. The number of para-hydroxylation sites is 1. The Bertz CT molecular complexity index is 373. The number of anilines is 1. The predicted molar refractivity (Wildman–Crippen MR) is 74.8 cm³/mol. The molecule has 98 valence electrons. The maximum absolute atomic E-state index is 10.4. The zero-order valence-electron chi connectivity index (χ0n) is 10.9. The van der Waals surface area contributed by atoms with Crippen molar-refractivity contribution in [2.24, 2.45) is 5.92 Å². The van der Waals surface area contributed by atoms with E-state index in [-0.39, 0.29) is 12.1 Å². The average molecular weight is 245 g/mol. The standard InChI is InChI=1S/C16H23NO/c18-16(10-12-6-2-1-3-7-12)15-11-13-8-4-5-9-14(13)17-15/h4-5,8-9,12,15-18H,1-3,6-7,10-11H2. The van der Waals surface area contributed by atoms with Crippen molar-refractivity contribution in [2.45, 2.75) is 57.1 Å². The van der Waals surface area contributed by atoms with Crippen LogP contribution in [-0.4, -0.2) is 17.3 Å². The highest BCUT2D eigenvalue weighted by molar-refractivity contribution is 5.56. The van der Waals surface area contributed by atoms with Crippen LogP contribution in [0.25, 0.3) is 0 Å². The number of benzene rings is 1. The Morgan fingerprint density at radius 2 is 1.94 bits per heavy atom. The fraction of sp³-hybridized carbons (Fsp3) is 0.625. The van der Waals surface area contributed by atoms with Gasteiger partial charge in [0.15, 0.2) is 0 Å². The molecule has 0 amide bonds. The van der Waals surface area contributed by atoms with E-state index in [2.05, 4.69) is 29.6 Å². The Hall–Kier alpha value is -1.02. The lowest BCUT2D eigenvalue weighted by atomic mass is 9.84. The van der Waals surface area contributed by atoms with Crippen LogP contribution in [0.4, 0.5) is 5.69 Å². The van der Waals surface area contributed by atoms with Crippen molar-refractivity contribution in [1.29, 1.82) is 0 Å². The first-order valence-electron chi connectivity index (χ1n) is 7.35. The molecule has 2 unspecified atom stereocenters. The van der Waals surface area contributed by atoms with Gasteiger partial charge in [0.1, 0.15) is 0 Å². The van der Waals surface area contributed by atoms with E-state index in [4.69, 9.17) is 0 Å². The highest BCUT2D eigenvalue weighted by Crippen LogP contribution is 2.32. The van der Waals surface area contributed by atoms with Crippen LogP contribution in [0.3, 0.4) is 0 Å². The molecule has 0 aromatic heterocycles. The normalized spacial score (nSPS) is 25.5. The Kier molecular flexibility index (Phi) is 3.55. The molecule has 2 atom stereocenters. The van der Waals surface area contributed by atoms with E-state index >= 15 is 0 Å². The molecule has 2 nitrogen and oxygen atoms in total. The second kappa shape index (κ2) is 5.31. The van der Waals surface area contributed by atoms with Gasteiger partial charge in [-0.05, 0) is 30.4 Å². The van der Waals surface area contributed by atoms with Gasteiger partial charge in [-0.15, -0.1) is 0 Å². The van der Waals surface area contributed by atoms with Gasteiger partial charge >= 0.3 is 0 Å². The lowest BCUT2D eigenvalue weighted by Crippen LogP contribution is -2.33. The van der Waals surface area contributed by atoms with Gasteiger partial charge in [0.05, 0.1) is 12.1 Å². The van der Waals surface area contributed by atoms with Crippen LogP contribution in [0.1, 0.15) is 44.1 Å². The van der Waals surface area contributed by atoms with Gasteiger partial charge < -0.3 is 10.4 Å². The van der Waals surface area contributed by atoms with E-state index in [1.807, 2.05) is 0 Å². The number of hydrogen-bond acceptors (Lipinski definition) is 2. The van der Waals surface area contributed by atoms with Crippen LogP contribution < -0.4 is 5.32 Å². The molecule has 2 N–H and O–H groups in total. The van der Waals surface area contributed by atoms with Crippen molar-refractivity contribution < 1.29 is 5.11 Å². The van der Waals surface area contributed by atoms with Crippen LogP contribution in [-0.2, 0) is 6.42 Å². The van der Waals surface area contributed by atoms with Gasteiger partial charge in [-0.3, -0.25) is 0 Å². The number of nitrogens with one attached hydrogen (secondary N) is 1. The molecule has 1 aromatic carbocycles. The molecule has 0 radical (unpaired) electrons. The van der Waals surface area contributed by atoms with E-state index in [9.17, 15) is 5.11 Å². The van der Waals surface area contributed by atoms with Crippen LogP contribution >= 0.6 is 0 Å². The summed E-state index contributed by atoms with van der Waals surface area (Å²) in [7, 11) is 0. The summed E-state index contributed by atoms with van der Waals surface area (Å²) in [4.78, 5) is 0. The molecule has 2 aliphatic rings. The molecule has 3 rings (SSSR count). The summed E-state index contributed by atoms with van der Waals surface area (Å²) < 4.78 is 0. The molecule has 2 heteroatoms. The highest BCUT2D eigenvalue weighted by Gasteiger charge is 2.28. The zero-order valence-corrected chi connectivity index (χ0v) is 10.9. The number of fused-ring (bicyclic) bond motifs is 1. The largest absolute Gasteiger partial charge is 0.391 e. The molecule has 1 aromatic rings. The number of hydrogen-bond donors (Lipinski definition) is 2. The quantitative estimate of drug-likeness (QED) is 0.856. The summed E-state index contributed by atoms with van der Waals surface area (Å²) >= 11 is 0. The molecule has 18 heavy (non-hydrogen) atoms. The van der Waals surface area contributed by atoms with E-state index in [1.54, 1.807) is 0 Å². The number of rotatable bonds is 3. The van der Waals surface area contributed by atoms with E-state index in [0.717, 1.165) is 18.8 Å². The minimum atomic E-state index is -0.194. The number of aliphatic hydroxyl groups is 1. The lowest BCUT2D eigenvalue weighted by molar-refractivity contribution is 0.113. The fourth-order valence-corrected chi connectivity index (χ4v) is 3.49. The maximum Gasteiger partial charge on any atom is 0.0747 e. The summed E-state index contributed by atoms with van der Waals surface area (Å²) in [5.74, 6) is 0.749. The third-order valence-electron chi connectivity index (χ3n) is 4.56. The predicted octanol–water partition coefficient (Wildman–Crippen LogP) is 3.35. The summed E-state index contributed by atoms with van der Waals surface area (Å²) in [6.07, 6.45) is 8.49. The summed E-state index contributed by atoms with van der Waals surface area (Å²) in [6, 6.07) is 8.64. The average Bonchev–Trinajstić information content (AvgIpc) is 2.84. The van der Waals surface area contributed by atoms with Crippen LogP contribution in [0.5, 0.6) is 0 Å².